The molecular weight excluding hydrogens is 249 g/mol. The lowest BCUT2D eigenvalue weighted by molar-refractivity contribution is -0.145. The van der Waals surface area contributed by atoms with Gasteiger partial charge in [-0.2, -0.15) is 0 Å². The van der Waals surface area contributed by atoms with Gasteiger partial charge in [-0.3, -0.25) is 9.59 Å². The fourth-order valence-electron chi connectivity index (χ4n) is 1.93. The molecule has 0 fully saturated rings. The summed E-state index contributed by atoms with van der Waals surface area (Å²) >= 11 is 0. The van der Waals surface area contributed by atoms with Crippen molar-refractivity contribution in [2.24, 2.45) is 5.92 Å². The Morgan fingerprint density at radius 3 is 2.63 bits per heavy atom. The van der Waals surface area contributed by atoms with Gasteiger partial charge in [-0.25, -0.2) is 4.39 Å². The third kappa shape index (κ3) is 4.69. The van der Waals surface area contributed by atoms with Crippen molar-refractivity contribution >= 4 is 11.9 Å². The van der Waals surface area contributed by atoms with Crippen LogP contribution in [0.3, 0.4) is 0 Å². The molecule has 1 aromatic carbocycles. The number of carboxylic acid groups (broad SMARTS) is 1. The zero-order valence-electron chi connectivity index (χ0n) is 11.1. The van der Waals surface area contributed by atoms with E-state index in [4.69, 9.17) is 5.11 Å². The zero-order chi connectivity index (χ0) is 14.4. The van der Waals surface area contributed by atoms with Gasteiger partial charge in [-0.1, -0.05) is 19.1 Å². The lowest BCUT2D eigenvalue weighted by atomic mass is 9.99. The first-order valence-corrected chi connectivity index (χ1v) is 6.19. The van der Waals surface area contributed by atoms with Crippen molar-refractivity contribution < 1.29 is 19.1 Å². The third-order valence-corrected chi connectivity index (χ3v) is 2.87. The highest BCUT2D eigenvalue weighted by Gasteiger charge is 2.21. The number of carbonyl (C=O) groups is 2. The number of carbonyl (C=O) groups excluding carboxylic acids is 1. The standard InChI is InChI=1S/C14H18FNO3/c1-3-16(9-13(17)18)14(19)10(2)7-11-5-4-6-12(15)8-11/h4-6,8,10H,3,7,9H2,1-2H3,(H,17,18). The number of aliphatic carboxylic acids is 1. The van der Waals surface area contributed by atoms with Gasteiger partial charge in [0.1, 0.15) is 12.4 Å². The Kier molecular flexibility index (Phi) is 5.48. The first-order valence-electron chi connectivity index (χ1n) is 6.19. The van der Waals surface area contributed by atoms with Crippen molar-refractivity contribution in [3.8, 4) is 0 Å². The molecule has 0 spiro atoms. The van der Waals surface area contributed by atoms with Gasteiger partial charge >= 0.3 is 5.97 Å². The Bertz CT molecular complexity index is 462. The molecular formula is C14H18FNO3. The summed E-state index contributed by atoms with van der Waals surface area (Å²) in [4.78, 5) is 24.0. The maximum atomic E-state index is 13.0. The number of hydrogen-bond acceptors (Lipinski definition) is 2. The Hall–Kier alpha value is -1.91. The third-order valence-electron chi connectivity index (χ3n) is 2.87. The summed E-state index contributed by atoms with van der Waals surface area (Å²) < 4.78 is 13.0. The van der Waals surface area contributed by atoms with Crippen LogP contribution in [0.1, 0.15) is 19.4 Å². The first kappa shape index (κ1) is 15.1. The fraction of sp³-hybridized carbons (Fsp3) is 0.429. The van der Waals surface area contributed by atoms with Gasteiger partial charge in [0.15, 0.2) is 0 Å². The number of hydrogen-bond donors (Lipinski definition) is 1. The summed E-state index contributed by atoms with van der Waals surface area (Å²) in [6, 6.07) is 6.08. The maximum Gasteiger partial charge on any atom is 0.323 e. The summed E-state index contributed by atoms with van der Waals surface area (Å²) in [7, 11) is 0. The van der Waals surface area contributed by atoms with Crippen LogP contribution in [-0.2, 0) is 16.0 Å². The second-order valence-electron chi connectivity index (χ2n) is 4.48. The van der Waals surface area contributed by atoms with Gasteiger partial charge in [-0.05, 0) is 31.0 Å². The number of carboxylic acids is 1. The van der Waals surface area contributed by atoms with Crippen LogP contribution < -0.4 is 0 Å². The number of amides is 1. The lowest BCUT2D eigenvalue weighted by Crippen LogP contribution is -2.39. The molecule has 0 saturated carbocycles. The minimum Gasteiger partial charge on any atom is -0.480 e. The van der Waals surface area contributed by atoms with E-state index in [-0.39, 0.29) is 24.2 Å². The van der Waals surface area contributed by atoms with Crippen LogP contribution in [-0.4, -0.2) is 35.0 Å². The molecule has 0 saturated heterocycles. The van der Waals surface area contributed by atoms with E-state index in [2.05, 4.69) is 0 Å². The smallest absolute Gasteiger partial charge is 0.323 e. The van der Waals surface area contributed by atoms with Crippen molar-refractivity contribution in [1.29, 1.82) is 0 Å². The summed E-state index contributed by atoms with van der Waals surface area (Å²) in [5.74, 6) is -1.97. The largest absolute Gasteiger partial charge is 0.480 e. The van der Waals surface area contributed by atoms with E-state index in [1.54, 1.807) is 26.0 Å². The van der Waals surface area contributed by atoms with Crippen LogP contribution in [0.15, 0.2) is 24.3 Å². The summed E-state index contributed by atoms with van der Waals surface area (Å²) in [6.07, 6.45) is 0.396. The SMILES string of the molecule is CCN(CC(=O)O)C(=O)C(C)Cc1cccc(F)c1. The van der Waals surface area contributed by atoms with Crippen LogP contribution in [0, 0.1) is 11.7 Å². The van der Waals surface area contributed by atoms with Crippen molar-refractivity contribution in [2.45, 2.75) is 20.3 Å². The quantitative estimate of drug-likeness (QED) is 0.857. The fourth-order valence-corrected chi connectivity index (χ4v) is 1.93. The van der Waals surface area contributed by atoms with E-state index in [9.17, 15) is 14.0 Å². The van der Waals surface area contributed by atoms with Crippen molar-refractivity contribution in [3.05, 3.63) is 35.6 Å². The van der Waals surface area contributed by atoms with Crippen LogP contribution in [0.2, 0.25) is 0 Å². The van der Waals surface area contributed by atoms with Gasteiger partial charge in [0.2, 0.25) is 5.91 Å². The summed E-state index contributed by atoms with van der Waals surface area (Å²) in [5, 5.41) is 8.73. The molecule has 104 valence electrons. The Labute approximate surface area is 111 Å². The predicted molar refractivity (Wildman–Crippen MR) is 69.2 cm³/mol. The highest BCUT2D eigenvalue weighted by Crippen LogP contribution is 2.12. The maximum absolute atomic E-state index is 13.0. The number of nitrogens with zero attached hydrogens (tertiary/aromatic N) is 1. The van der Waals surface area contributed by atoms with Gasteiger partial charge in [-0.15, -0.1) is 0 Å². The molecule has 0 aliphatic carbocycles. The van der Waals surface area contributed by atoms with Crippen LogP contribution >= 0.6 is 0 Å². The van der Waals surface area contributed by atoms with Gasteiger partial charge in [0.05, 0.1) is 0 Å². The summed E-state index contributed by atoms with van der Waals surface area (Å²) in [5.41, 5.74) is 0.729. The molecule has 19 heavy (non-hydrogen) atoms. The average molecular weight is 267 g/mol. The van der Waals surface area contributed by atoms with Crippen molar-refractivity contribution in [1.82, 2.24) is 4.90 Å². The average Bonchev–Trinajstić information content (AvgIpc) is 2.34. The van der Waals surface area contributed by atoms with E-state index >= 15 is 0 Å². The van der Waals surface area contributed by atoms with E-state index in [1.807, 2.05) is 0 Å². The van der Waals surface area contributed by atoms with E-state index in [1.165, 1.54) is 17.0 Å². The first-order chi connectivity index (χ1) is 8.93. The second-order valence-corrected chi connectivity index (χ2v) is 4.48. The Balaban J connectivity index is 2.68. The molecule has 0 bridgehead atoms. The molecule has 5 heteroatoms. The normalized spacial score (nSPS) is 11.9. The van der Waals surface area contributed by atoms with Gasteiger partial charge < -0.3 is 10.0 Å². The monoisotopic (exact) mass is 267 g/mol. The van der Waals surface area contributed by atoms with Gasteiger partial charge in [0.25, 0.3) is 0 Å². The second kappa shape index (κ2) is 6.87. The number of halogens is 1. The minimum absolute atomic E-state index is 0.228. The van der Waals surface area contributed by atoms with Crippen LogP contribution in [0.4, 0.5) is 4.39 Å². The number of rotatable bonds is 6. The minimum atomic E-state index is -1.03. The zero-order valence-corrected chi connectivity index (χ0v) is 11.1. The van der Waals surface area contributed by atoms with Gasteiger partial charge in [0, 0.05) is 12.5 Å². The molecule has 1 atom stereocenters. The molecule has 0 radical (unpaired) electrons. The molecule has 0 aliphatic rings. The molecule has 4 nitrogen and oxygen atoms in total. The van der Waals surface area contributed by atoms with Crippen molar-refractivity contribution in [3.63, 3.8) is 0 Å². The van der Waals surface area contributed by atoms with E-state index < -0.39 is 5.97 Å². The predicted octanol–water partition coefficient (Wildman–Crippen LogP) is 1.94. The summed E-state index contributed by atoms with van der Waals surface area (Å²) in [6.45, 7) is 3.49. The highest BCUT2D eigenvalue weighted by atomic mass is 19.1. The molecule has 1 amide bonds. The topological polar surface area (TPSA) is 57.6 Å². The molecule has 1 unspecified atom stereocenters. The highest BCUT2D eigenvalue weighted by molar-refractivity contribution is 5.83. The molecule has 1 aromatic rings. The van der Waals surface area contributed by atoms with Crippen molar-refractivity contribution in [2.75, 3.05) is 13.1 Å². The van der Waals surface area contributed by atoms with E-state index in [0.717, 1.165) is 5.56 Å². The van der Waals surface area contributed by atoms with E-state index in [0.29, 0.717) is 13.0 Å². The molecule has 0 aliphatic heterocycles. The van der Waals surface area contributed by atoms with Crippen LogP contribution in [0.25, 0.3) is 0 Å². The molecule has 0 aromatic heterocycles. The number of likely N-dealkylation sites (N-methyl/N-ethyl adjacent to an activating group) is 1. The molecule has 1 N–H and O–H groups in total. The molecule has 0 heterocycles. The molecule has 1 rings (SSSR count). The number of benzene rings is 1. The Morgan fingerprint density at radius 1 is 1.42 bits per heavy atom. The van der Waals surface area contributed by atoms with Crippen LogP contribution in [0.5, 0.6) is 0 Å². The Morgan fingerprint density at radius 2 is 2.11 bits per heavy atom. The lowest BCUT2D eigenvalue weighted by Gasteiger charge is -2.22.